The minimum Gasteiger partial charge on any atom is -0.491 e. The molecule has 1 aromatic rings. The number of aliphatic hydroxyl groups is 1. The average Bonchev–Trinajstić information content (AvgIpc) is 2.56. The highest BCUT2D eigenvalue weighted by Gasteiger charge is 2.24. The van der Waals surface area contributed by atoms with Gasteiger partial charge in [-0.1, -0.05) is 0 Å². The highest BCUT2D eigenvalue weighted by molar-refractivity contribution is 5.69. The third kappa shape index (κ3) is 5.73. The van der Waals surface area contributed by atoms with E-state index in [1.807, 2.05) is 0 Å². The van der Waals surface area contributed by atoms with Crippen molar-refractivity contribution in [3.8, 4) is 17.2 Å². The highest BCUT2D eigenvalue weighted by atomic mass is 16.5. The van der Waals surface area contributed by atoms with Crippen LogP contribution in [-0.2, 0) is 9.47 Å². The summed E-state index contributed by atoms with van der Waals surface area (Å²) in [5.41, 5.74) is 0.203. The number of benzene rings is 1. The first kappa shape index (κ1) is 18.0. The fourth-order valence-electron chi connectivity index (χ4n) is 1.66. The molecule has 0 fully saturated rings. The van der Waals surface area contributed by atoms with Crippen molar-refractivity contribution in [2.45, 2.75) is 0 Å². The van der Waals surface area contributed by atoms with Crippen molar-refractivity contribution in [2.75, 3.05) is 53.9 Å². The second-order valence-electron chi connectivity index (χ2n) is 4.07. The van der Waals surface area contributed by atoms with E-state index in [-0.39, 0.29) is 12.3 Å². The van der Waals surface area contributed by atoms with Crippen LogP contribution in [0.1, 0.15) is 0 Å². The van der Waals surface area contributed by atoms with Gasteiger partial charge >= 0.3 is 5.69 Å². The molecule has 0 bridgehead atoms. The Bertz CT molecular complexity index is 464. The Balaban J connectivity index is 2.41. The molecule has 1 aromatic carbocycles. The lowest BCUT2D eigenvalue weighted by Crippen LogP contribution is -2.12. The van der Waals surface area contributed by atoms with Crippen LogP contribution < -0.4 is 14.2 Å². The van der Waals surface area contributed by atoms with Gasteiger partial charge in [0.1, 0.15) is 12.4 Å². The fourth-order valence-corrected chi connectivity index (χ4v) is 1.66. The first-order valence-corrected chi connectivity index (χ1v) is 6.77. The second kappa shape index (κ2) is 10.6. The Morgan fingerprint density at radius 2 is 1.50 bits per heavy atom. The Kier molecular flexibility index (Phi) is 8.67. The molecule has 0 aromatic heterocycles. The number of methoxy groups -OCH3 is 2. The van der Waals surface area contributed by atoms with E-state index in [0.29, 0.717) is 50.3 Å². The third-order valence-corrected chi connectivity index (χ3v) is 2.66. The topological polar surface area (TPSA) is 94.5 Å². The van der Waals surface area contributed by atoms with Crippen LogP contribution in [0.4, 0.5) is 5.69 Å². The number of nitrogens with zero attached hydrogens (tertiary/aromatic N) is 2. The molecule has 0 aliphatic heterocycles. The second-order valence-corrected chi connectivity index (χ2v) is 4.07. The molecule has 0 aliphatic carbocycles. The van der Waals surface area contributed by atoms with Crippen LogP contribution in [0.3, 0.4) is 0 Å². The monoisotopic (exact) mass is 313 g/mol. The highest BCUT2D eigenvalue weighted by Crippen LogP contribution is 2.41. The lowest BCUT2D eigenvalue weighted by atomic mass is 10.2. The molecular weight excluding hydrogens is 292 g/mol. The number of hydrogen-bond acceptors (Lipinski definition) is 7. The summed E-state index contributed by atoms with van der Waals surface area (Å²) in [6.07, 6.45) is 0. The van der Waals surface area contributed by atoms with Gasteiger partial charge < -0.3 is 28.8 Å². The van der Waals surface area contributed by atoms with Gasteiger partial charge in [-0.15, -0.1) is 0 Å². The van der Waals surface area contributed by atoms with Gasteiger partial charge in [0.15, 0.2) is 4.98 Å². The number of hydrogen-bond donors (Lipinski definition) is 1. The zero-order valence-corrected chi connectivity index (χ0v) is 12.8. The fraction of sp³-hybridized carbons (Fsp3) is 0.571. The molecule has 22 heavy (non-hydrogen) atoms. The molecule has 0 atom stereocenters. The van der Waals surface area contributed by atoms with E-state index < -0.39 is 0 Å². The van der Waals surface area contributed by atoms with Crippen LogP contribution >= 0.6 is 0 Å². The maximum absolute atomic E-state index is 8.96. The average molecular weight is 313 g/mol. The SMILES string of the molecule is COc1cc(OCCOCCOCCO)cc(OC)c1[N+]#N. The summed E-state index contributed by atoms with van der Waals surface area (Å²) in [6.45, 7) is 1.89. The van der Waals surface area contributed by atoms with E-state index >= 15 is 0 Å². The van der Waals surface area contributed by atoms with E-state index in [1.54, 1.807) is 12.1 Å². The number of ether oxygens (including phenoxy) is 5. The molecular formula is C14H21N2O6+. The standard InChI is InChI=1S/C14H21N2O6/c1-18-12-9-11(10-13(19-2)14(12)16-15)22-8-7-21-6-5-20-4-3-17/h9-10,17H,3-8H2,1-2H3/q+1. The number of aliphatic hydroxyl groups excluding tert-OH is 1. The van der Waals surface area contributed by atoms with Crippen LogP contribution in [0.5, 0.6) is 17.2 Å². The molecule has 0 unspecified atom stereocenters. The molecule has 0 saturated carbocycles. The largest absolute Gasteiger partial charge is 0.491 e. The van der Waals surface area contributed by atoms with Crippen molar-refractivity contribution in [3.05, 3.63) is 17.1 Å². The Labute approximate surface area is 129 Å². The van der Waals surface area contributed by atoms with Crippen molar-refractivity contribution in [3.63, 3.8) is 0 Å². The summed E-state index contributed by atoms with van der Waals surface area (Å²) in [7, 11) is 2.92. The number of rotatable bonds is 11. The van der Waals surface area contributed by atoms with Crippen molar-refractivity contribution in [1.29, 1.82) is 5.39 Å². The van der Waals surface area contributed by atoms with Gasteiger partial charge in [0.25, 0.3) is 0 Å². The maximum atomic E-state index is 8.96. The molecule has 0 aliphatic rings. The zero-order chi connectivity index (χ0) is 16.2. The van der Waals surface area contributed by atoms with E-state index in [2.05, 4.69) is 4.98 Å². The molecule has 0 radical (unpaired) electrons. The summed E-state index contributed by atoms with van der Waals surface area (Å²) < 4.78 is 26.1. The van der Waals surface area contributed by atoms with Gasteiger partial charge in [0.2, 0.25) is 16.9 Å². The summed E-state index contributed by atoms with van der Waals surface area (Å²) >= 11 is 0. The summed E-state index contributed by atoms with van der Waals surface area (Å²) in [4.78, 5) is 3.14. The minimum absolute atomic E-state index is 0.00287. The lowest BCUT2D eigenvalue weighted by Gasteiger charge is -2.09. The van der Waals surface area contributed by atoms with E-state index in [1.165, 1.54) is 14.2 Å². The van der Waals surface area contributed by atoms with E-state index in [0.717, 1.165) is 0 Å². The van der Waals surface area contributed by atoms with Crippen LogP contribution in [0.15, 0.2) is 12.1 Å². The smallest absolute Gasteiger partial charge is 0.467 e. The molecule has 0 saturated heterocycles. The van der Waals surface area contributed by atoms with Gasteiger partial charge in [-0.25, -0.2) is 0 Å². The summed E-state index contributed by atoms with van der Waals surface area (Å²) in [5.74, 6) is 1.20. The predicted octanol–water partition coefficient (Wildman–Crippen LogP) is 1.59. The third-order valence-electron chi connectivity index (χ3n) is 2.66. The van der Waals surface area contributed by atoms with Crippen LogP contribution in [0.25, 0.3) is 4.98 Å². The molecule has 0 heterocycles. The lowest BCUT2D eigenvalue weighted by molar-refractivity contribution is 0.0247. The van der Waals surface area contributed by atoms with Crippen molar-refractivity contribution < 1.29 is 28.8 Å². The normalized spacial score (nSPS) is 10.1. The first-order chi connectivity index (χ1) is 10.8. The van der Waals surface area contributed by atoms with Crippen LogP contribution in [0.2, 0.25) is 0 Å². The maximum Gasteiger partial charge on any atom is 0.467 e. The number of diazo groups is 1. The van der Waals surface area contributed by atoms with Crippen molar-refractivity contribution in [1.82, 2.24) is 0 Å². The minimum atomic E-state index is 0.00287. The quantitative estimate of drug-likeness (QED) is 0.489. The summed E-state index contributed by atoms with van der Waals surface area (Å²) in [6, 6.07) is 3.20. The Hall–Kier alpha value is -2.08. The van der Waals surface area contributed by atoms with Crippen LogP contribution in [-0.4, -0.2) is 59.0 Å². The first-order valence-electron chi connectivity index (χ1n) is 6.77. The van der Waals surface area contributed by atoms with Crippen molar-refractivity contribution >= 4 is 5.69 Å². The Morgan fingerprint density at radius 1 is 0.955 bits per heavy atom. The molecule has 122 valence electrons. The Morgan fingerprint density at radius 3 is 2.00 bits per heavy atom. The van der Waals surface area contributed by atoms with Gasteiger partial charge in [0, 0.05) is 12.1 Å². The zero-order valence-electron chi connectivity index (χ0n) is 12.8. The van der Waals surface area contributed by atoms with E-state index in [9.17, 15) is 0 Å². The van der Waals surface area contributed by atoms with Gasteiger partial charge in [0.05, 0.1) is 47.3 Å². The van der Waals surface area contributed by atoms with Crippen LogP contribution in [0, 0.1) is 5.39 Å². The van der Waals surface area contributed by atoms with Crippen molar-refractivity contribution in [2.24, 2.45) is 0 Å². The van der Waals surface area contributed by atoms with E-state index in [4.69, 9.17) is 34.2 Å². The molecule has 8 nitrogen and oxygen atoms in total. The summed E-state index contributed by atoms with van der Waals surface area (Å²) in [5, 5.41) is 17.5. The molecule has 0 amide bonds. The molecule has 8 heteroatoms. The molecule has 1 N–H and O–H groups in total. The van der Waals surface area contributed by atoms with Gasteiger partial charge in [-0.05, 0) is 0 Å². The van der Waals surface area contributed by atoms with Gasteiger partial charge in [-0.2, -0.15) is 0 Å². The van der Waals surface area contributed by atoms with Gasteiger partial charge in [-0.3, -0.25) is 0 Å². The molecule has 0 spiro atoms. The molecule has 1 rings (SSSR count). The predicted molar refractivity (Wildman–Crippen MR) is 78.5 cm³/mol.